The highest BCUT2D eigenvalue weighted by molar-refractivity contribution is 5.45. The van der Waals surface area contributed by atoms with Gasteiger partial charge in [0.2, 0.25) is 0 Å². The van der Waals surface area contributed by atoms with E-state index >= 15 is 0 Å². The van der Waals surface area contributed by atoms with Crippen LogP contribution in [0.3, 0.4) is 0 Å². The predicted molar refractivity (Wildman–Crippen MR) is 80.6 cm³/mol. The Morgan fingerprint density at radius 3 is 2.65 bits per heavy atom. The second-order valence-electron chi connectivity index (χ2n) is 5.81. The SMILES string of the molecule is CCC1(CC)CCN(Cc2ccc(C#N)c(OC)c2)C1. The lowest BCUT2D eigenvalue weighted by Crippen LogP contribution is -2.26. The second kappa shape index (κ2) is 6.28. The van der Waals surface area contributed by atoms with E-state index in [1.165, 1.54) is 37.9 Å². The molecule has 1 aromatic rings. The molecule has 0 unspecified atom stereocenters. The molecule has 0 bridgehead atoms. The minimum absolute atomic E-state index is 0.511. The third-order valence-corrected chi connectivity index (χ3v) is 4.81. The molecule has 0 radical (unpaired) electrons. The topological polar surface area (TPSA) is 36.3 Å². The molecule has 1 fully saturated rings. The number of nitrogens with zero attached hydrogens (tertiary/aromatic N) is 2. The maximum absolute atomic E-state index is 9.02. The number of nitriles is 1. The van der Waals surface area contributed by atoms with Gasteiger partial charge in [-0.05, 0) is 48.9 Å². The van der Waals surface area contributed by atoms with Crippen LogP contribution in [0.2, 0.25) is 0 Å². The zero-order chi connectivity index (χ0) is 14.6. The summed E-state index contributed by atoms with van der Waals surface area (Å²) in [5.74, 6) is 0.682. The van der Waals surface area contributed by atoms with E-state index in [0.29, 0.717) is 16.7 Å². The third kappa shape index (κ3) is 2.96. The van der Waals surface area contributed by atoms with Crippen molar-refractivity contribution in [3.8, 4) is 11.8 Å². The van der Waals surface area contributed by atoms with Gasteiger partial charge in [0.25, 0.3) is 0 Å². The summed E-state index contributed by atoms with van der Waals surface area (Å²) in [6.07, 6.45) is 3.82. The lowest BCUT2D eigenvalue weighted by atomic mass is 9.82. The molecule has 0 spiro atoms. The van der Waals surface area contributed by atoms with Crippen LogP contribution in [0.4, 0.5) is 0 Å². The van der Waals surface area contributed by atoms with Crippen LogP contribution in [0, 0.1) is 16.7 Å². The van der Waals surface area contributed by atoms with E-state index in [4.69, 9.17) is 10.00 Å². The van der Waals surface area contributed by atoms with Crippen LogP contribution in [-0.4, -0.2) is 25.1 Å². The first-order valence-electron chi connectivity index (χ1n) is 7.45. The maximum Gasteiger partial charge on any atom is 0.136 e. The molecule has 1 saturated heterocycles. The van der Waals surface area contributed by atoms with Crippen LogP contribution < -0.4 is 4.74 Å². The van der Waals surface area contributed by atoms with Crippen LogP contribution in [0.1, 0.15) is 44.2 Å². The number of ether oxygens (including phenoxy) is 1. The van der Waals surface area contributed by atoms with Crippen LogP contribution >= 0.6 is 0 Å². The Balaban J connectivity index is 2.07. The Morgan fingerprint density at radius 2 is 2.10 bits per heavy atom. The van der Waals surface area contributed by atoms with Gasteiger partial charge in [-0.25, -0.2) is 0 Å². The molecular weight excluding hydrogens is 248 g/mol. The van der Waals surface area contributed by atoms with Crippen molar-refractivity contribution in [1.82, 2.24) is 4.90 Å². The Kier molecular flexibility index (Phi) is 4.67. The summed E-state index contributed by atoms with van der Waals surface area (Å²) in [6.45, 7) is 7.91. The van der Waals surface area contributed by atoms with Crippen molar-refractivity contribution < 1.29 is 4.74 Å². The number of likely N-dealkylation sites (tertiary alicyclic amines) is 1. The van der Waals surface area contributed by atoms with Gasteiger partial charge in [0.05, 0.1) is 12.7 Å². The van der Waals surface area contributed by atoms with Crippen molar-refractivity contribution in [2.75, 3.05) is 20.2 Å². The Morgan fingerprint density at radius 1 is 1.35 bits per heavy atom. The molecular formula is C17H24N2O. The standard InChI is InChI=1S/C17H24N2O/c1-4-17(5-2)8-9-19(13-17)12-14-6-7-15(11-18)16(10-14)20-3/h6-7,10H,4-5,8-9,12-13H2,1-3H3. The van der Waals surface area contributed by atoms with Gasteiger partial charge in [-0.15, -0.1) is 0 Å². The van der Waals surface area contributed by atoms with Crippen LogP contribution in [0.5, 0.6) is 5.75 Å². The largest absolute Gasteiger partial charge is 0.495 e. The molecule has 1 aromatic carbocycles. The predicted octanol–water partition coefficient (Wildman–Crippen LogP) is 3.58. The van der Waals surface area contributed by atoms with Gasteiger partial charge in [-0.1, -0.05) is 19.9 Å². The summed E-state index contributed by atoms with van der Waals surface area (Å²) in [5, 5.41) is 9.02. The summed E-state index contributed by atoms with van der Waals surface area (Å²) in [4.78, 5) is 2.52. The normalized spacial score (nSPS) is 17.9. The highest BCUT2D eigenvalue weighted by Crippen LogP contribution is 2.37. The first kappa shape index (κ1) is 14.9. The van der Waals surface area contributed by atoms with Crippen molar-refractivity contribution in [2.45, 2.75) is 39.7 Å². The highest BCUT2D eigenvalue weighted by atomic mass is 16.5. The zero-order valence-corrected chi connectivity index (χ0v) is 12.8. The molecule has 0 aromatic heterocycles. The van der Waals surface area contributed by atoms with Gasteiger partial charge in [0.1, 0.15) is 11.8 Å². The van der Waals surface area contributed by atoms with Gasteiger partial charge >= 0.3 is 0 Å². The molecule has 0 aliphatic carbocycles. The highest BCUT2D eigenvalue weighted by Gasteiger charge is 2.34. The van der Waals surface area contributed by atoms with Gasteiger partial charge in [-0.2, -0.15) is 5.26 Å². The van der Waals surface area contributed by atoms with E-state index in [2.05, 4.69) is 24.8 Å². The van der Waals surface area contributed by atoms with Crippen molar-refractivity contribution >= 4 is 0 Å². The van der Waals surface area contributed by atoms with Crippen LogP contribution in [0.25, 0.3) is 0 Å². The van der Waals surface area contributed by atoms with E-state index in [0.717, 1.165) is 6.54 Å². The van der Waals surface area contributed by atoms with Crippen molar-refractivity contribution in [3.63, 3.8) is 0 Å². The summed E-state index contributed by atoms with van der Waals surface area (Å²) in [7, 11) is 1.62. The number of hydrogen-bond donors (Lipinski definition) is 0. The average molecular weight is 272 g/mol. The molecule has 0 saturated carbocycles. The second-order valence-corrected chi connectivity index (χ2v) is 5.81. The molecule has 2 rings (SSSR count). The van der Waals surface area contributed by atoms with Gasteiger partial charge < -0.3 is 4.74 Å². The maximum atomic E-state index is 9.02. The molecule has 20 heavy (non-hydrogen) atoms. The van der Waals surface area contributed by atoms with Crippen LogP contribution in [-0.2, 0) is 6.54 Å². The van der Waals surface area contributed by atoms with Crippen molar-refractivity contribution in [2.24, 2.45) is 5.41 Å². The number of rotatable bonds is 5. The van der Waals surface area contributed by atoms with Crippen molar-refractivity contribution in [3.05, 3.63) is 29.3 Å². The fraction of sp³-hybridized carbons (Fsp3) is 0.588. The van der Waals surface area contributed by atoms with E-state index in [9.17, 15) is 0 Å². The molecule has 0 atom stereocenters. The zero-order valence-electron chi connectivity index (χ0n) is 12.8. The first-order chi connectivity index (χ1) is 9.66. The smallest absolute Gasteiger partial charge is 0.136 e. The van der Waals surface area contributed by atoms with Gasteiger partial charge in [0.15, 0.2) is 0 Å². The fourth-order valence-electron chi connectivity index (χ4n) is 3.17. The Bertz CT molecular complexity index is 500. The Hall–Kier alpha value is -1.53. The van der Waals surface area contributed by atoms with Gasteiger partial charge in [0, 0.05) is 13.1 Å². The molecule has 0 N–H and O–H groups in total. The summed E-state index contributed by atoms with van der Waals surface area (Å²) < 4.78 is 5.28. The molecule has 1 aliphatic heterocycles. The van der Waals surface area contributed by atoms with Gasteiger partial charge in [-0.3, -0.25) is 4.90 Å². The fourth-order valence-corrected chi connectivity index (χ4v) is 3.17. The minimum atomic E-state index is 0.511. The lowest BCUT2D eigenvalue weighted by Gasteiger charge is -2.26. The molecule has 0 amide bonds. The van der Waals surface area contributed by atoms with E-state index in [1.54, 1.807) is 7.11 Å². The summed E-state index contributed by atoms with van der Waals surface area (Å²) in [5.41, 5.74) is 2.34. The summed E-state index contributed by atoms with van der Waals surface area (Å²) >= 11 is 0. The molecule has 1 heterocycles. The molecule has 3 nitrogen and oxygen atoms in total. The van der Waals surface area contributed by atoms with E-state index < -0.39 is 0 Å². The van der Waals surface area contributed by atoms with E-state index in [-0.39, 0.29) is 0 Å². The van der Waals surface area contributed by atoms with Crippen LogP contribution in [0.15, 0.2) is 18.2 Å². The third-order valence-electron chi connectivity index (χ3n) is 4.81. The first-order valence-corrected chi connectivity index (χ1v) is 7.45. The quantitative estimate of drug-likeness (QED) is 0.822. The number of benzene rings is 1. The van der Waals surface area contributed by atoms with Crippen molar-refractivity contribution in [1.29, 1.82) is 5.26 Å². The number of methoxy groups -OCH3 is 1. The Labute approximate surface area is 122 Å². The summed E-state index contributed by atoms with van der Waals surface area (Å²) in [6, 6.07) is 8.06. The molecule has 3 heteroatoms. The van der Waals surface area contributed by atoms with E-state index in [1.807, 2.05) is 18.2 Å². The minimum Gasteiger partial charge on any atom is -0.495 e. The average Bonchev–Trinajstić information content (AvgIpc) is 2.91. The lowest BCUT2D eigenvalue weighted by molar-refractivity contribution is 0.236. The number of hydrogen-bond acceptors (Lipinski definition) is 3. The molecule has 108 valence electrons. The molecule has 1 aliphatic rings. The monoisotopic (exact) mass is 272 g/mol.